The summed E-state index contributed by atoms with van der Waals surface area (Å²) in [7, 11) is 1.41. The number of hydrogen-bond donors (Lipinski definition) is 1. The van der Waals surface area contributed by atoms with Gasteiger partial charge in [0.15, 0.2) is 5.82 Å². The fourth-order valence-corrected chi connectivity index (χ4v) is 3.89. The van der Waals surface area contributed by atoms with Gasteiger partial charge in [-0.25, -0.2) is 4.68 Å². The number of ether oxygens (including phenoxy) is 1. The van der Waals surface area contributed by atoms with Gasteiger partial charge in [0.1, 0.15) is 0 Å². The highest BCUT2D eigenvalue weighted by atomic mass is 19.4. The topological polar surface area (TPSA) is 69.0 Å². The van der Waals surface area contributed by atoms with E-state index in [0.29, 0.717) is 29.2 Å². The zero-order valence-corrected chi connectivity index (χ0v) is 19.9. The van der Waals surface area contributed by atoms with Gasteiger partial charge in [0.05, 0.1) is 18.4 Å². The van der Waals surface area contributed by atoms with Gasteiger partial charge in [0, 0.05) is 17.7 Å². The predicted molar refractivity (Wildman–Crippen MR) is 125 cm³/mol. The first kappa shape index (κ1) is 25.3. The molecule has 0 spiro atoms. The fourth-order valence-electron chi connectivity index (χ4n) is 3.89. The lowest BCUT2D eigenvalue weighted by molar-refractivity contribution is -0.137. The van der Waals surface area contributed by atoms with Crippen LogP contribution in [0, 0.1) is 11.3 Å². The summed E-state index contributed by atoms with van der Waals surface area (Å²) in [6, 6.07) is 11.7. The van der Waals surface area contributed by atoms with Crippen LogP contribution >= 0.6 is 0 Å². The van der Waals surface area contributed by atoms with Crippen molar-refractivity contribution in [2.45, 2.75) is 46.7 Å². The molecule has 1 unspecified atom stereocenters. The van der Waals surface area contributed by atoms with Crippen molar-refractivity contribution in [2.75, 3.05) is 12.4 Å². The molecular formula is C25H29F3N4O2. The van der Waals surface area contributed by atoms with E-state index >= 15 is 0 Å². The lowest BCUT2D eigenvalue weighted by Gasteiger charge is -2.22. The molecule has 1 aromatic heterocycles. The second-order valence-corrected chi connectivity index (χ2v) is 9.58. The highest BCUT2D eigenvalue weighted by Gasteiger charge is 2.30. The summed E-state index contributed by atoms with van der Waals surface area (Å²) in [5.74, 6) is 0.531. The van der Waals surface area contributed by atoms with E-state index in [1.807, 2.05) is 0 Å². The van der Waals surface area contributed by atoms with Crippen LogP contribution in [0.2, 0.25) is 0 Å². The second kappa shape index (κ2) is 9.87. The number of hydrogen-bond acceptors (Lipinski definition) is 4. The number of carbonyl (C=O) groups is 1. The molecule has 1 heterocycles. The number of amides is 1. The van der Waals surface area contributed by atoms with Crippen LogP contribution in [-0.4, -0.2) is 27.8 Å². The van der Waals surface area contributed by atoms with Gasteiger partial charge in [-0.15, -0.1) is 5.10 Å². The number of carbonyl (C=O) groups excluding carboxylic acids is 1. The third-order valence-corrected chi connectivity index (χ3v) is 5.13. The van der Waals surface area contributed by atoms with Crippen LogP contribution < -0.4 is 10.1 Å². The van der Waals surface area contributed by atoms with Crippen molar-refractivity contribution in [3.05, 3.63) is 54.1 Å². The van der Waals surface area contributed by atoms with Gasteiger partial charge in [-0.2, -0.15) is 18.2 Å². The molecular weight excluding hydrogens is 445 g/mol. The van der Waals surface area contributed by atoms with E-state index in [9.17, 15) is 18.0 Å². The Bertz CT molecular complexity index is 1120. The van der Waals surface area contributed by atoms with Gasteiger partial charge in [-0.1, -0.05) is 39.8 Å². The molecule has 2 aromatic carbocycles. The first-order chi connectivity index (χ1) is 15.9. The molecule has 182 valence electrons. The SMILES string of the molecule is COc1nc(-c2ccc(C(F)(F)F)cc2)n(-c2ccc(NC(=O)CC(C)CC(C)(C)C)cc2)n1. The summed E-state index contributed by atoms with van der Waals surface area (Å²) in [5.41, 5.74) is 1.12. The lowest BCUT2D eigenvalue weighted by Crippen LogP contribution is -2.18. The minimum atomic E-state index is -4.42. The second-order valence-electron chi connectivity index (χ2n) is 9.58. The van der Waals surface area contributed by atoms with Crippen molar-refractivity contribution < 1.29 is 22.7 Å². The van der Waals surface area contributed by atoms with Crippen LogP contribution in [-0.2, 0) is 11.0 Å². The van der Waals surface area contributed by atoms with Crippen LogP contribution in [0.1, 0.15) is 46.1 Å². The Balaban J connectivity index is 1.78. The summed E-state index contributed by atoms with van der Waals surface area (Å²) in [6.45, 7) is 8.52. The van der Waals surface area contributed by atoms with Crippen molar-refractivity contribution in [1.29, 1.82) is 0 Å². The van der Waals surface area contributed by atoms with E-state index in [0.717, 1.165) is 18.6 Å². The maximum atomic E-state index is 12.9. The fraction of sp³-hybridized carbons (Fsp3) is 0.400. The lowest BCUT2D eigenvalue weighted by atomic mass is 9.84. The third kappa shape index (κ3) is 6.59. The highest BCUT2D eigenvalue weighted by molar-refractivity contribution is 5.90. The molecule has 0 saturated heterocycles. The maximum Gasteiger partial charge on any atom is 0.416 e. The van der Waals surface area contributed by atoms with Crippen molar-refractivity contribution >= 4 is 11.6 Å². The molecule has 1 amide bonds. The molecule has 9 heteroatoms. The first-order valence-corrected chi connectivity index (χ1v) is 10.9. The number of benzene rings is 2. The van der Waals surface area contributed by atoms with E-state index in [2.05, 4.69) is 43.1 Å². The summed E-state index contributed by atoms with van der Waals surface area (Å²) >= 11 is 0. The van der Waals surface area contributed by atoms with Gasteiger partial charge < -0.3 is 10.1 Å². The molecule has 3 aromatic rings. The molecule has 0 radical (unpaired) electrons. The summed E-state index contributed by atoms with van der Waals surface area (Å²) in [4.78, 5) is 16.7. The predicted octanol–water partition coefficient (Wildman–Crippen LogP) is 6.36. The highest BCUT2D eigenvalue weighted by Crippen LogP contribution is 2.32. The van der Waals surface area contributed by atoms with Crippen LogP contribution in [0.5, 0.6) is 6.01 Å². The third-order valence-electron chi connectivity index (χ3n) is 5.13. The summed E-state index contributed by atoms with van der Waals surface area (Å²) in [6.07, 6.45) is -3.05. The van der Waals surface area contributed by atoms with Gasteiger partial charge in [-0.05, 0) is 54.2 Å². The van der Waals surface area contributed by atoms with E-state index < -0.39 is 11.7 Å². The van der Waals surface area contributed by atoms with Gasteiger partial charge in [-0.3, -0.25) is 4.79 Å². The summed E-state index contributed by atoms with van der Waals surface area (Å²) < 4.78 is 45.3. The Labute approximate surface area is 197 Å². The molecule has 34 heavy (non-hydrogen) atoms. The van der Waals surface area contributed by atoms with E-state index in [1.165, 1.54) is 23.9 Å². The Morgan fingerprint density at radius 1 is 1.06 bits per heavy atom. The Hall–Kier alpha value is -3.36. The van der Waals surface area contributed by atoms with Crippen LogP contribution in [0.25, 0.3) is 17.1 Å². The average molecular weight is 475 g/mol. The Morgan fingerprint density at radius 2 is 1.68 bits per heavy atom. The number of nitrogens with one attached hydrogen (secondary N) is 1. The molecule has 6 nitrogen and oxygen atoms in total. The molecule has 1 atom stereocenters. The monoisotopic (exact) mass is 474 g/mol. The molecule has 0 aliphatic carbocycles. The maximum absolute atomic E-state index is 12.9. The number of rotatable bonds is 7. The molecule has 3 rings (SSSR count). The molecule has 0 aliphatic rings. The number of halogens is 3. The normalized spacial score (nSPS) is 12.9. The van der Waals surface area contributed by atoms with Crippen molar-refractivity contribution in [1.82, 2.24) is 14.8 Å². The zero-order valence-electron chi connectivity index (χ0n) is 19.9. The van der Waals surface area contributed by atoms with E-state index in [4.69, 9.17) is 4.74 Å². The standard InChI is InChI=1S/C25H29F3N4O2/c1-16(15-24(2,3)4)14-21(33)29-19-10-12-20(13-11-19)32-22(30-23(31-32)34-5)17-6-8-18(9-7-17)25(26,27)28/h6-13,16H,14-15H2,1-5H3,(H,29,33). The number of alkyl halides is 3. The molecule has 1 N–H and O–H groups in total. The Morgan fingerprint density at radius 3 is 2.21 bits per heavy atom. The number of nitrogens with zero attached hydrogens (tertiary/aromatic N) is 3. The molecule has 0 fully saturated rings. The minimum absolute atomic E-state index is 0.0580. The van der Waals surface area contributed by atoms with Crippen LogP contribution in [0.4, 0.5) is 18.9 Å². The van der Waals surface area contributed by atoms with Gasteiger partial charge in [0.2, 0.25) is 5.91 Å². The van der Waals surface area contributed by atoms with Crippen molar-refractivity contribution in [3.8, 4) is 23.1 Å². The number of aromatic nitrogens is 3. The molecule has 0 aliphatic heterocycles. The van der Waals surface area contributed by atoms with E-state index in [1.54, 1.807) is 24.3 Å². The zero-order chi connectivity index (χ0) is 25.1. The van der Waals surface area contributed by atoms with Gasteiger partial charge >= 0.3 is 12.2 Å². The van der Waals surface area contributed by atoms with Crippen LogP contribution in [0.15, 0.2) is 48.5 Å². The quantitative estimate of drug-likeness (QED) is 0.432. The van der Waals surface area contributed by atoms with Crippen LogP contribution in [0.3, 0.4) is 0 Å². The largest absolute Gasteiger partial charge is 0.466 e. The number of methoxy groups -OCH3 is 1. The van der Waals surface area contributed by atoms with E-state index in [-0.39, 0.29) is 23.3 Å². The average Bonchev–Trinajstić information content (AvgIpc) is 3.17. The smallest absolute Gasteiger partial charge is 0.416 e. The molecule has 0 bridgehead atoms. The summed E-state index contributed by atoms with van der Waals surface area (Å²) in [5, 5.41) is 7.19. The minimum Gasteiger partial charge on any atom is -0.466 e. The van der Waals surface area contributed by atoms with Gasteiger partial charge in [0.25, 0.3) is 0 Å². The molecule has 0 saturated carbocycles. The first-order valence-electron chi connectivity index (χ1n) is 10.9. The van der Waals surface area contributed by atoms with Crippen molar-refractivity contribution in [2.24, 2.45) is 11.3 Å². The Kier molecular flexibility index (Phi) is 7.33. The van der Waals surface area contributed by atoms with Crippen molar-refractivity contribution in [3.63, 3.8) is 0 Å². The number of anilines is 1.